The van der Waals surface area contributed by atoms with Gasteiger partial charge < -0.3 is 24.3 Å². The van der Waals surface area contributed by atoms with Crippen molar-refractivity contribution in [2.45, 2.75) is 6.92 Å². The molecule has 0 aliphatic rings. The number of rotatable bonds is 9. The summed E-state index contributed by atoms with van der Waals surface area (Å²) in [5, 5.41) is 6.26. The lowest BCUT2D eigenvalue weighted by atomic mass is 10.2. The van der Waals surface area contributed by atoms with Crippen LogP contribution in [0.4, 0.5) is 5.69 Å². The first-order valence-electron chi connectivity index (χ1n) is 10.8. The number of esters is 1. The average Bonchev–Trinajstić information content (AvgIpc) is 2.90. The van der Waals surface area contributed by atoms with Crippen molar-refractivity contribution in [3.8, 4) is 23.0 Å². The molecular weight excluding hydrogens is 466 g/mol. The Labute approximate surface area is 207 Å². The van der Waals surface area contributed by atoms with Gasteiger partial charge in [-0.2, -0.15) is 5.10 Å². The predicted octanol–water partition coefficient (Wildman–Crippen LogP) is 3.41. The molecule has 36 heavy (non-hydrogen) atoms. The highest BCUT2D eigenvalue weighted by Gasteiger charge is 2.15. The van der Waals surface area contributed by atoms with Gasteiger partial charge in [-0.05, 0) is 73.2 Å². The van der Waals surface area contributed by atoms with Gasteiger partial charge in [0.05, 0.1) is 32.6 Å². The second-order valence-electron chi connectivity index (χ2n) is 7.14. The van der Waals surface area contributed by atoms with Crippen molar-refractivity contribution >= 4 is 29.7 Å². The number of hydrogen-bond donors (Lipinski definition) is 2. The zero-order valence-electron chi connectivity index (χ0n) is 19.9. The first-order chi connectivity index (χ1) is 17.4. The average molecular weight is 492 g/mol. The van der Waals surface area contributed by atoms with Crippen LogP contribution >= 0.6 is 0 Å². The lowest BCUT2D eigenvalue weighted by Crippen LogP contribution is -2.32. The molecule has 0 bridgehead atoms. The van der Waals surface area contributed by atoms with Crippen LogP contribution in [0.5, 0.6) is 23.0 Å². The molecule has 0 aliphatic carbocycles. The highest BCUT2D eigenvalue weighted by molar-refractivity contribution is 6.39. The van der Waals surface area contributed by atoms with Crippen LogP contribution in [-0.4, -0.2) is 44.8 Å². The van der Waals surface area contributed by atoms with Crippen LogP contribution < -0.4 is 29.7 Å². The van der Waals surface area contributed by atoms with E-state index in [0.717, 1.165) is 0 Å². The Morgan fingerprint density at radius 2 is 1.64 bits per heavy atom. The minimum absolute atomic E-state index is 0.196. The van der Waals surface area contributed by atoms with E-state index >= 15 is 0 Å². The fraction of sp³-hybridized carbons (Fsp3) is 0.154. The van der Waals surface area contributed by atoms with Gasteiger partial charge in [0.25, 0.3) is 0 Å². The molecular formula is C26H25N3O7. The summed E-state index contributed by atoms with van der Waals surface area (Å²) in [7, 11) is 2.93. The topological polar surface area (TPSA) is 125 Å². The van der Waals surface area contributed by atoms with Crippen molar-refractivity contribution in [1.82, 2.24) is 5.43 Å². The van der Waals surface area contributed by atoms with Crippen LogP contribution in [0.1, 0.15) is 22.8 Å². The molecule has 10 heteroatoms. The van der Waals surface area contributed by atoms with Crippen LogP contribution in [0.3, 0.4) is 0 Å². The van der Waals surface area contributed by atoms with Crippen molar-refractivity contribution in [2.75, 3.05) is 26.1 Å². The molecule has 0 saturated heterocycles. The summed E-state index contributed by atoms with van der Waals surface area (Å²) < 4.78 is 21.2. The highest BCUT2D eigenvalue weighted by atomic mass is 16.6. The number of nitrogens with one attached hydrogen (secondary N) is 2. The molecule has 0 spiro atoms. The Morgan fingerprint density at radius 1 is 0.861 bits per heavy atom. The van der Waals surface area contributed by atoms with E-state index in [1.165, 1.54) is 26.5 Å². The molecule has 0 aromatic heterocycles. The minimum Gasteiger partial charge on any atom is -0.497 e. The summed E-state index contributed by atoms with van der Waals surface area (Å²) in [5.74, 6) is -0.765. The number of methoxy groups -OCH3 is 2. The summed E-state index contributed by atoms with van der Waals surface area (Å²) in [4.78, 5) is 36.6. The first kappa shape index (κ1) is 25.8. The maximum atomic E-state index is 12.5. The Balaban J connectivity index is 1.58. The van der Waals surface area contributed by atoms with E-state index in [2.05, 4.69) is 15.8 Å². The smallest absolute Gasteiger partial charge is 0.343 e. The third-order valence-electron chi connectivity index (χ3n) is 4.70. The molecule has 0 saturated carbocycles. The van der Waals surface area contributed by atoms with Crippen LogP contribution in [0, 0.1) is 0 Å². The molecule has 2 N–H and O–H groups in total. The second-order valence-corrected chi connectivity index (χ2v) is 7.14. The Morgan fingerprint density at radius 3 is 2.33 bits per heavy atom. The van der Waals surface area contributed by atoms with E-state index < -0.39 is 17.8 Å². The van der Waals surface area contributed by atoms with Gasteiger partial charge >= 0.3 is 17.8 Å². The fourth-order valence-electron chi connectivity index (χ4n) is 2.96. The molecule has 0 atom stereocenters. The number of carbonyl (C=O) groups excluding carboxylic acids is 3. The lowest BCUT2D eigenvalue weighted by molar-refractivity contribution is -0.136. The monoisotopic (exact) mass is 491 g/mol. The summed E-state index contributed by atoms with van der Waals surface area (Å²) in [6.45, 7) is 2.39. The molecule has 0 unspecified atom stereocenters. The van der Waals surface area contributed by atoms with Crippen LogP contribution in [0.2, 0.25) is 0 Å². The van der Waals surface area contributed by atoms with Gasteiger partial charge in [0.2, 0.25) is 0 Å². The number of hydrogen-bond acceptors (Lipinski definition) is 8. The second kappa shape index (κ2) is 12.6. The minimum atomic E-state index is -0.948. The zero-order chi connectivity index (χ0) is 25.9. The largest absolute Gasteiger partial charge is 0.497 e. The number of carbonyl (C=O) groups is 3. The van der Waals surface area contributed by atoms with Crippen LogP contribution in [0.25, 0.3) is 0 Å². The summed E-state index contributed by atoms with van der Waals surface area (Å²) in [6.07, 6.45) is 1.32. The lowest BCUT2D eigenvalue weighted by Gasteiger charge is -2.10. The quantitative estimate of drug-likeness (QED) is 0.155. The summed E-state index contributed by atoms with van der Waals surface area (Å²) in [5.41, 5.74) is 3.43. The third-order valence-corrected chi connectivity index (χ3v) is 4.70. The Bertz CT molecular complexity index is 1260. The standard InChI is InChI=1S/C26H25N3O7/c1-4-35-20-11-9-19(10-12-20)28-24(30)25(31)29-27-16-17-8-13-22(23(14-17)34-3)36-26(32)18-6-5-7-21(15-18)33-2/h5-16H,4H2,1-3H3,(H,28,30)(H,29,31)/b27-16+. The number of anilines is 1. The molecule has 0 radical (unpaired) electrons. The first-order valence-corrected chi connectivity index (χ1v) is 10.8. The maximum Gasteiger partial charge on any atom is 0.343 e. The molecule has 2 amide bonds. The van der Waals surface area contributed by atoms with E-state index in [0.29, 0.717) is 34.9 Å². The normalized spacial score (nSPS) is 10.4. The van der Waals surface area contributed by atoms with E-state index in [1.54, 1.807) is 60.7 Å². The number of amides is 2. The fourth-order valence-corrected chi connectivity index (χ4v) is 2.96. The van der Waals surface area contributed by atoms with Crippen LogP contribution in [0.15, 0.2) is 71.8 Å². The molecule has 3 aromatic carbocycles. The van der Waals surface area contributed by atoms with Gasteiger partial charge in [-0.15, -0.1) is 0 Å². The van der Waals surface area contributed by atoms with Crippen molar-refractivity contribution < 1.29 is 33.3 Å². The third kappa shape index (κ3) is 7.07. The van der Waals surface area contributed by atoms with Crippen molar-refractivity contribution in [2.24, 2.45) is 5.10 Å². The Hall–Kier alpha value is -4.86. The molecule has 0 aliphatic heterocycles. The van der Waals surface area contributed by atoms with E-state index in [-0.39, 0.29) is 11.5 Å². The van der Waals surface area contributed by atoms with Crippen LogP contribution in [-0.2, 0) is 9.59 Å². The maximum absolute atomic E-state index is 12.5. The SMILES string of the molecule is CCOc1ccc(NC(=O)C(=O)N/N=C/c2ccc(OC(=O)c3cccc(OC)c3)c(OC)c2)cc1. The molecule has 0 heterocycles. The van der Waals surface area contributed by atoms with E-state index in [9.17, 15) is 14.4 Å². The van der Waals surface area contributed by atoms with E-state index in [4.69, 9.17) is 18.9 Å². The van der Waals surface area contributed by atoms with Crippen molar-refractivity contribution in [1.29, 1.82) is 0 Å². The molecule has 186 valence electrons. The predicted molar refractivity (Wildman–Crippen MR) is 133 cm³/mol. The molecule has 3 rings (SSSR count). The van der Waals surface area contributed by atoms with Gasteiger partial charge in [0.1, 0.15) is 11.5 Å². The van der Waals surface area contributed by atoms with E-state index in [1.807, 2.05) is 6.92 Å². The molecule has 10 nitrogen and oxygen atoms in total. The number of hydrazone groups is 1. The number of nitrogens with zero attached hydrogens (tertiary/aromatic N) is 1. The van der Waals surface area contributed by atoms with Crippen molar-refractivity contribution in [3.05, 3.63) is 77.9 Å². The van der Waals surface area contributed by atoms with Crippen molar-refractivity contribution in [3.63, 3.8) is 0 Å². The highest BCUT2D eigenvalue weighted by Crippen LogP contribution is 2.28. The van der Waals surface area contributed by atoms with Gasteiger partial charge in [0.15, 0.2) is 11.5 Å². The van der Waals surface area contributed by atoms with Gasteiger partial charge in [0, 0.05) is 5.69 Å². The number of benzene rings is 3. The van der Waals surface area contributed by atoms with Gasteiger partial charge in [-0.3, -0.25) is 9.59 Å². The zero-order valence-corrected chi connectivity index (χ0v) is 19.9. The van der Waals surface area contributed by atoms with Gasteiger partial charge in [-0.25, -0.2) is 10.2 Å². The number of ether oxygens (including phenoxy) is 4. The molecule has 0 fully saturated rings. The molecule has 3 aromatic rings. The van der Waals surface area contributed by atoms with Gasteiger partial charge in [-0.1, -0.05) is 6.07 Å². The summed E-state index contributed by atoms with van der Waals surface area (Å²) >= 11 is 0. The summed E-state index contributed by atoms with van der Waals surface area (Å²) in [6, 6.07) is 17.8. The Kier molecular flexibility index (Phi) is 8.99.